The zero-order valence-electron chi connectivity index (χ0n) is 17.7. The molecule has 6 nitrogen and oxygen atoms in total. The molecule has 4 atom stereocenters. The summed E-state index contributed by atoms with van der Waals surface area (Å²) in [5, 5.41) is 28.8. The quantitative estimate of drug-likeness (QED) is 0.270. The van der Waals surface area contributed by atoms with Gasteiger partial charge in [-0.25, -0.2) is 0 Å². The molecular weight excluding hydrogens is 360 g/mol. The molecule has 1 aliphatic heterocycles. The van der Waals surface area contributed by atoms with Gasteiger partial charge in [0.2, 0.25) is 0 Å². The Balaban J connectivity index is 1.88. The van der Waals surface area contributed by atoms with E-state index in [1.54, 1.807) is 0 Å². The maximum atomic E-state index is 11.8. The molecule has 1 rings (SSSR count). The molecule has 0 unspecified atom stereocenters. The summed E-state index contributed by atoms with van der Waals surface area (Å²) in [6.45, 7) is 2.08. The second-order valence-corrected chi connectivity index (χ2v) is 8.10. The van der Waals surface area contributed by atoms with Crippen LogP contribution < -0.4 is 0 Å². The molecule has 0 amide bonds. The SMILES string of the molecule is CCCCCCCCCCCCCCCC(=O)OC[C@H]1OC[C@@H](O)[C@@H](O)[C@@H]1O. The molecule has 1 saturated heterocycles. The monoisotopic (exact) mass is 402 g/mol. The van der Waals surface area contributed by atoms with Crippen LogP contribution in [0.1, 0.15) is 96.8 Å². The fourth-order valence-electron chi connectivity index (χ4n) is 3.55. The molecule has 0 saturated carbocycles. The smallest absolute Gasteiger partial charge is 0.305 e. The maximum absolute atomic E-state index is 11.8. The molecule has 0 aromatic carbocycles. The predicted molar refractivity (Wildman–Crippen MR) is 109 cm³/mol. The van der Waals surface area contributed by atoms with Crippen LogP contribution in [-0.2, 0) is 14.3 Å². The lowest BCUT2D eigenvalue weighted by Gasteiger charge is -2.34. The van der Waals surface area contributed by atoms with Crippen molar-refractivity contribution in [3.05, 3.63) is 0 Å². The van der Waals surface area contributed by atoms with Gasteiger partial charge in [-0.2, -0.15) is 0 Å². The number of carbonyl (C=O) groups excluding carboxylic acids is 1. The van der Waals surface area contributed by atoms with Crippen molar-refractivity contribution in [3.63, 3.8) is 0 Å². The first-order valence-electron chi connectivity index (χ1n) is 11.4. The van der Waals surface area contributed by atoms with Gasteiger partial charge in [0.1, 0.15) is 31.0 Å². The molecule has 1 aliphatic rings. The van der Waals surface area contributed by atoms with Crippen LogP contribution >= 0.6 is 0 Å². The Morgan fingerprint density at radius 1 is 0.821 bits per heavy atom. The number of hydrogen-bond donors (Lipinski definition) is 3. The van der Waals surface area contributed by atoms with Crippen LogP contribution in [0.15, 0.2) is 0 Å². The minimum Gasteiger partial charge on any atom is -0.463 e. The molecule has 6 heteroatoms. The molecule has 0 spiro atoms. The van der Waals surface area contributed by atoms with Crippen molar-refractivity contribution in [2.45, 2.75) is 121 Å². The van der Waals surface area contributed by atoms with Gasteiger partial charge in [-0.3, -0.25) is 4.79 Å². The first-order chi connectivity index (χ1) is 13.6. The summed E-state index contributed by atoms with van der Waals surface area (Å²) in [6.07, 6.45) is 12.3. The third-order valence-electron chi connectivity index (χ3n) is 5.50. The average Bonchev–Trinajstić information content (AvgIpc) is 2.69. The van der Waals surface area contributed by atoms with Crippen LogP contribution in [0.4, 0.5) is 0 Å². The van der Waals surface area contributed by atoms with Crippen LogP contribution in [0, 0.1) is 0 Å². The highest BCUT2D eigenvalue weighted by Gasteiger charge is 2.38. The Morgan fingerprint density at radius 2 is 1.32 bits per heavy atom. The lowest BCUT2D eigenvalue weighted by Crippen LogP contribution is -2.54. The van der Waals surface area contributed by atoms with Gasteiger partial charge in [0.25, 0.3) is 0 Å². The molecule has 0 aromatic rings. The third kappa shape index (κ3) is 11.3. The van der Waals surface area contributed by atoms with Gasteiger partial charge in [-0.1, -0.05) is 84.0 Å². The van der Waals surface area contributed by atoms with Crippen LogP contribution in [-0.4, -0.2) is 58.9 Å². The summed E-state index contributed by atoms with van der Waals surface area (Å²) in [7, 11) is 0. The molecule has 1 heterocycles. The zero-order valence-corrected chi connectivity index (χ0v) is 17.7. The minimum absolute atomic E-state index is 0.0701. The second-order valence-electron chi connectivity index (χ2n) is 8.10. The van der Waals surface area contributed by atoms with Crippen LogP contribution in [0.25, 0.3) is 0 Å². The number of unbranched alkanes of at least 4 members (excludes halogenated alkanes) is 12. The molecule has 0 aromatic heterocycles. The van der Waals surface area contributed by atoms with Gasteiger partial charge in [-0.15, -0.1) is 0 Å². The average molecular weight is 403 g/mol. The van der Waals surface area contributed by atoms with Crippen LogP contribution in [0.5, 0.6) is 0 Å². The van der Waals surface area contributed by atoms with E-state index < -0.39 is 24.4 Å². The first-order valence-corrected chi connectivity index (χ1v) is 11.4. The summed E-state index contributed by atoms with van der Waals surface area (Å²) >= 11 is 0. The number of esters is 1. The topological polar surface area (TPSA) is 96.2 Å². The van der Waals surface area contributed by atoms with Gasteiger partial charge in [-0.05, 0) is 6.42 Å². The molecule has 28 heavy (non-hydrogen) atoms. The highest BCUT2D eigenvalue weighted by molar-refractivity contribution is 5.69. The summed E-state index contributed by atoms with van der Waals surface area (Å²) in [5.41, 5.74) is 0. The van der Waals surface area contributed by atoms with Gasteiger partial charge >= 0.3 is 5.97 Å². The largest absolute Gasteiger partial charge is 0.463 e. The van der Waals surface area contributed by atoms with E-state index in [0.29, 0.717) is 6.42 Å². The summed E-state index contributed by atoms with van der Waals surface area (Å²) in [5.74, 6) is -0.306. The molecular formula is C22H42O6. The Labute approximate surface area is 170 Å². The van der Waals surface area contributed by atoms with Crippen molar-refractivity contribution in [2.75, 3.05) is 13.2 Å². The number of rotatable bonds is 16. The molecule has 0 aliphatic carbocycles. The van der Waals surface area contributed by atoms with Crippen LogP contribution in [0.3, 0.4) is 0 Å². The number of hydrogen-bond acceptors (Lipinski definition) is 6. The van der Waals surface area contributed by atoms with Gasteiger partial charge in [0.15, 0.2) is 0 Å². The van der Waals surface area contributed by atoms with E-state index in [9.17, 15) is 20.1 Å². The van der Waals surface area contributed by atoms with E-state index in [4.69, 9.17) is 9.47 Å². The molecule has 0 bridgehead atoms. The van der Waals surface area contributed by atoms with Crippen molar-refractivity contribution in [2.24, 2.45) is 0 Å². The fourth-order valence-corrected chi connectivity index (χ4v) is 3.55. The standard InChI is InChI=1S/C22H42O6/c1-2-3-4-5-6-7-8-9-10-11-12-13-14-15-20(24)28-17-19-22(26)21(25)18(23)16-27-19/h18-19,21-23,25-26H,2-17H2,1H3/t18-,19-,21-,22-/m1/s1. The van der Waals surface area contributed by atoms with Crippen molar-refractivity contribution >= 4 is 5.97 Å². The van der Waals surface area contributed by atoms with Crippen molar-refractivity contribution in [3.8, 4) is 0 Å². The number of aliphatic hydroxyl groups is 3. The Bertz CT molecular complexity index is 389. The number of carbonyl (C=O) groups is 1. The highest BCUT2D eigenvalue weighted by atomic mass is 16.6. The van der Waals surface area contributed by atoms with E-state index in [1.807, 2.05) is 0 Å². The Kier molecular flexibility index (Phi) is 14.6. The summed E-state index contributed by atoms with van der Waals surface area (Å²) < 4.78 is 10.3. The second kappa shape index (κ2) is 16.1. The molecule has 1 fully saturated rings. The van der Waals surface area contributed by atoms with Crippen molar-refractivity contribution in [1.29, 1.82) is 0 Å². The Morgan fingerprint density at radius 3 is 1.86 bits per heavy atom. The van der Waals surface area contributed by atoms with E-state index in [0.717, 1.165) is 19.3 Å². The zero-order chi connectivity index (χ0) is 20.6. The Hall–Kier alpha value is -0.690. The van der Waals surface area contributed by atoms with E-state index in [1.165, 1.54) is 64.2 Å². The number of ether oxygens (including phenoxy) is 2. The summed E-state index contributed by atoms with van der Waals surface area (Å²) in [4.78, 5) is 11.8. The predicted octanol–water partition coefficient (Wildman–Crippen LogP) is 3.49. The van der Waals surface area contributed by atoms with Crippen LogP contribution in [0.2, 0.25) is 0 Å². The van der Waals surface area contributed by atoms with E-state index in [2.05, 4.69) is 6.92 Å². The normalized spacial score (nSPS) is 25.0. The number of aliphatic hydroxyl groups excluding tert-OH is 3. The maximum Gasteiger partial charge on any atom is 0.305 e. The summed E-state index contributed by atoms with van der Waals surface area (Å²) in [6, 6.07) is 0. The van der Waals surface area contributed by atoms with E-state index >= 15 is 0 Å². The highest BCUT2D eigenvalue weighted by Crippen LogP contribution is 2.17. The van der Waals surface area contributed by atoms with Crippen molar-refractivity contribution in [1.82, 2.24) is 0 Å². The molecule has 3 N–H and O–H groups in total. The lowest BCUT2D eigenvalue weighted by molar-refractivity contribution is -0.201. The fraction of sp³-hybridized carbons (Fsp3) is 0.955. The van der Waals surface area contributed by atoms with Gasteiger partial charge < -0.3 is 24.8 Å². The van der Waals surface area contributed by atoms with Gasteiger partial charge in [0.05, 0.1) is 6.61 Å². The first kappa shape index (κ1) is 25.3. The lowest BCUT2D eigenvalue weighted by atomic mass is 10.0. The van der Waals surface area contributed by atoms with Gasteiger partial charge in [0, 0.05) is 6.42 Å². The molecule has 166 valence electrons. The van der Waals surface area contributed by atoms with Crippen molar-refractivity contribution < 1.29 is 29.6 Å². The minimum atomic E-state index is -1.27. The third-order valence-corrected chi connectivity index (χ3v) is 5.50. The molecule has 0 radical (unpaired) electrons. The van der Waals surface area contributed by atoms with E-state index in [-0.39, 0.29) is 19.2 Å².